The molecule has 1 atom stereocenters. The fraction of sp³-hybridized carbons (Fsp3) is 0.500. The highest BCUT2D eigenvalue weighted by atomic mass is 16.5. The predicted octanol–water partition coefficient (Wildman–Crippen LogP) is 1.65. The normalized spacial score (nSPS) is 11.9. The molecular weight excluding hydrogens is 244 g/mol. The number of nitrogens with one attached hydrogen (secondary N) is 2. The van der Waals surface area contributed by atoms with Gasteiger partial charge in [0.1, 0.15) is 5.75 Å². The van der Waals surface area contributed by atoms with Crippen molar-refractivity contribution >= 4 is 11.6 Å². The summed E-state index contributed by atoms with van der Waals surface area (Å²) in [4.78, 5) is 11.8. The monoisotopic (exact) mass is 266 g/mol. The smallest absolute Gasteiger partial charge is 0.238 e. The van der Waals surface area contributed by atoms with E-state index in [1.54, 1.807) is 19.2 Å². The molecule has 0 radical (unpaired) electrons. The number of ether oxygens (including phenoxy) is 2. The van der Waals surface area contributed by atoms with Gasteiger partial charge < -0.3 is 20.1 Å². The Balaban J connectivity index is 2.38. The molecule has 1 rings (SSSR count). The van der Waals surface area contributed by atoms with Crippen molar-refractivity contribution in [3.63, 3.8) is 0 Å². The minimum absolute atomic E-state index is 0.104. The zero-order chi connectivity index (χ0) is 14.1. The van der Waals surface area contributed by atoms with E-state index in [-0.39, 0.29) is 18.5 Å². The summed E-state index contributed by atoms with van der Waals surface area (Å²) in [6.07, 6.45) is 0. The zero-order valence-corrected chi connectivity index (χ0v) is 11.7. The van der Waals surface area contributed by atoms with Crippen LogP contribution < -0.4 is 15.4 Å². The minimum Gasteiger partial charge on any atom is -0.495 e. The Morgan fingerprint density at radius 2 is 2.11 bits per heavy atom. The summed E-state index contributed by atoms with van der Waals surface area (Å²) in [7, 11) is 1.58. The molecule has 0 spiro atoms. The van der Waals surface area contributed by atoms with Gasteiger partial charge in [0.2, 0.25) is 5.91 Å². The standard InChI is InChI=1S/C14H22N2O3/c1-4-19-10-11(2)15-9-14(17)16-12-7-5-6-8-13(12)18-3/h5-8,11,15H,4,9-10H2,1-3H3,(H,16,17). The first-order valence-electron chi connectivity index (χ1n) is 6.41. The molecule has 2 N–H and O–H groups in total. The van der Waals surface area contributed by atoms with Gasteiger partial charge >= 0.3 is 0 Å². The fourth-order valence-corrected chi connectivity index (χ4v) is 1.56. The van der Waals surface area contributed by atoms with Gasteiger partial charge in [0.05, 0.1) is 25.9 Å². The van der Waals surface area contributed by atoms with Crippen LogP contribution in [0.25, 0.3) is 0 Å². The van der Waals surface area contributed by atoms with Crippen LogP contribution in [-0.2, 0) is 9.53 Å². The summed E-state index contributed by atoms with van der Waals surface area (Å²) < 4.78 is 10.4. The third-order valence-corrected chi connectivity index (χ3v) is 2.56. The van der Waals surface area contributed by atoms with E-state index < -0.39 is 0 Å². The van der Waals surface area contributed by atoms with E-state index in [0.29, 0.717) is 24.7 Å². The number of amides is 1. The van der Waals surface area contributed by atoms with Crippen molar-refractivity contribution in [1.82, 2.24) is 5.32 Å². The number of hydrogen-bond acceptors (Lipinski definition) is 4. The molecule has 0 fully saturated rings. The number of methoxy groups -OCH3 is 1. The SMILES string of the molecule is CCOCC(C)NCC(=O)Nc1ccccc1OC. The van der Waals surface area contributed by atoms with E-state index in [2.05, 4.69) is 10.6 Å². The molecule has 0 aliphatic carbocycles. The van der Waals surface area contributed by atoms with Crippen molar-refractivity contribution in [2.75, 3.05) is 32.2 Å². The van der Waals surface area contributed by atoms with Crippen molar-refractivity contribution in [2.24, 2.45) is 0 Å². The average molecular weight is 266 g/mol. The van der Waals surface area contributed by atoms with Gasteiger partial charge in [-0.15, -0.1) is 0 Å². The number of benzene rings is 1. The lowest BCUT2D eigenvalue weighted by molar-refractivity contribution is -0.115. The van der Waals surface area contributed by atoms with E-state index in [1.807, 2.05) is 26.0 Å². The molecule has 0 aromatic heterocycles. The quantitative estimate of drug-likeness (QED) is 0.751. The second kappa shape index (κ2) is 8.50. The lowest BCUT2D eigenvalue weighted by atomic mass is 10.3. The molecule has 1 amide bonds. The fourth-order valence-electron chi connectivity index (χ4n) is 1.56. The molecule has 0 saturated heterocycles. The van der Waals surface area contributed by atoms with Crippen molar-refractivity contribution in [3.8, 4) is 5.75 Å². The number of hydrogen-bond donors (Lipinski definition) is 2. The minimum atomic E-state index is -0.104. The number of carbonyl (C=O) groups is 1. The first-order chi connectivity index (χ1) is 9.17. The van der Waals surface area contributed by atoms with Gasteiger partial charge in [-0.3, -0.25) is 4.79 Å². The van der Waals surface area contributed by atoms with Crippen LogP contribution in [0, 0.1) is 0 Å². The van der Waals surface area contributed by atoms with Crippen LogP contribution >= 0.6 is 0 Å². The highest BCUT2D eigenvalue weighted by Gasteiger charge is 2.08. The predicted molar refractivity (Wildman–Crippen MR) is 75.6 cm³/mol. The molecule has 0 bridgehead atoms. The molecule has 1 aromatic carbocycles. The molecular formula is C14H22N2O3. The Kier molecular flexibility index (Phi) is 6.92. The van der Waals surface area contributed by atoms with Crippen LogP contribution in [0.5, 0.6) is 5.75 Å². The maximum absolute atomic E-state index is 11.8. The molecule has 1 unspecified atom stereocenters. The van der Waals surface area contributed by atoms with Crippen LogP contribution in [-0.4, -0.2) is 38.8 Å². The molecule has 1 aromatic rings. The first-order valence-corrected chi connectivity index (χ1v) is 6.41. The molecule has 5 nitrogen and oxygen atoms in total. The second-order valence-corrected chi connectivity index (χ2v) is 4.19. The van der Waals surface area contributed by atoms with Gasteiger partial charge in [-0.1, -0.05) is 12.1 Å². The van der Waals surface area contributed by atoms with Crippen LogP contribution in [0.3, 0.4) is 0 Å². The molecule has 0 saturated carbocycles. The van der Waals surface area contributed by atoms with E-state index in [9.17, 15) is 4.79 Å². The third-order valence-electron chi connectivity index (χ3n) is 2.56. The summed E-state index contributed by atoms with van der Waals surface area (Å²) >= 11 is 0. The van der Waals surface area contributed by atoms with Crippen LogP contribution in [0.15, 0.2) is 24.3 Å². The second-order valence-electron chi connectivity index (χ2n) is 4.19. The summed E-state index contributed by atoms with van der Waals surface area (Å²) in [5.74, 6) is 0.547. The van der Waals surface area contributed by atoms with Gasteiger partial charge in [-0.05, 0) is 26.0 Å². The van der Waals surface area contributed by atoms with Crippen LogP contribution in [0.2, 0.25) is 0 Å². The molecule has 0 aliphatic rings. The molecule has 19 heavy (non-hydrogen) atoms. The van der Waals surface area contributed by atoms with Crippen LogP contribution in [0.4, 0.5) is 5.69 Å². The molecule has 0 heterocycles. The van der Waals surface area contributed by atoms with Gasteiger partial charge in [-0.25, -0.2) is 0 Å². The lowest BCUT2D eigenvalue weighted by Gasteiger charge is -2.14. The molecule has 5 heteroatoms. The van der Waals surface area contributed by atoms with Crippen molar-refractivity contribution in [3.05, 3.63) is 24.3 Å². The maximum Gasteiger partial charge on any atom is 0.238 e. The van der Waals surface area contributed by atoms with Gasteiger partial charge in [0.15, 0.2) is 0 Å². The van der Waals surface area contributed by atoms with Crippen molar-refractivity contribution in [2.45, 2.75) is 19.9 Å². The Labute approximate surface area is 114 Å². The number of para-hydroxylation sites is 2. The highest BCUT2D eigenvalue weighted by molar-refractivity contribution is 5.93. The van der Waals surface area contributed by atoms with Gasteiger partial charge in [-0.2, -0.15) is 0 Å². The van der Waals surface area contributed by atoms with Crippen molar-refractivity contribution < 1.29 is 14.3 Å². The topological polar surface area (TPSA) is 59.6 Å². The third kappa shape index (κ3) is 5.72. The van der Waals surface area contributed by atoms with E-state index in [1.165, 1.54) is 0 Å². The zero-order valence-electron chi connectivity index (χ0n) is 11.7. The molecule has 0 aliphatic heterocycles. The summed E-state index contributed by atoms with van der Waals surface area (Å²) in [6.45, 7) is 5.44. The van der Waals surface area contributed by atoms with E-state index in [0.717, 1.165) is 0 Å². The Hall–Kier alpha value is -1.59. The summed E-state index contributed by atoms with van der Waals surface area (Å²) in [6, 6.07) is 7.46. The average Bonchev–Trinajstić information content (AvgIpc) is 2.43. The number of anilines is 1. The number of rotatable bonds is 8. The Bertz CT molecular complexity index is 396. The first kappa shape index (κ1) is 15.5. The largest absolute Gasteiger partial charge is 0.495 e. The maximum atomic E-state index is 11.8. The Morgan fingerprint density at radius 3 is 2.79 bits per heavy atom. The van der Waals surface area contributed by atoms with Gasteiger partial charge in [0, 0.05) is 12.6 Å². The highest BCUT2D eigenvalue weighted by Crippen LogP contribution is 2.22. The van der Waals surface area contributed by atoms with Gasteiger partial charge in [0.25, 0.3) is 0 Å². The van der Waals surface area contributed by atoms with Crippen molar-refractivity contribution in [1.29, 1.82) is 0 Å². The summed E-state index contributed by atoms with van der Waals surface area (Å²) in [5.41, 5.74) is 0.675. The lowest BCUT2D eigenvalue weighted by Crippen LogP contribution is -2.37. The number of carbonyl (C=O) groups excluding carboxylic acids is 1. The van der Waals surface area contributed by atoms with E-state index >= 15 is 0 Å². The van der Waals surface area contributed by atoms with E-state index in [4.69, 9.17) is 9.47 Å². The van der Waals surface area contributed by atoms with Crippen LogP contribution in [0.1, 0.15) is 13.8 Å². The molecule has 106 valence electrons. The Morgan fingerprint density at radius 1 is 1.37 bits per heavy atom. The summed E-state index contributed by atoms with van der Waals surface area (Å²) in [5, 5.41) is 5.90.